The summed E-state index contributed by atoms with van der Waals surface area (Å²) in [6.45, 7) is 1.58. The molecule has 0 atom stereocenters. The Bertz CT molecular complexity index is 704. The van der Waals surface area contributed by atoms with Crippen LogP contribution in [0.1, 0.15) is 21.7 Å². The highest BCUT2D eigenvalue weighted by Gasteiger charge is 2.30. The fourth-order valence-electron chi connectivity index (χ4n) is 1.62. The number of nitrogens with one attached hydrogen (secondary N) is 1. The molecule has 116 valence electrons. The molecular weight excluding hydrogens is 301 g/mol. The number of nitrogens with two attached hydrogens (primary N) is 1. The van der Waals surface area contributed by atoms with E-state index >= 15 is 0 Å². The maximum atomic E-state index is 12.6. The first-order valence-corrected chi connectivity index (χ1v) is 6.01. The first-order valence-electron chi connectivity index (χ1n) is 6.01. The van der Waals surface area contributed by atoms with Crippen molar-refractivity contribution in [3.8, 4) is 11.8 Å². The Kier molecular flexibility index (Phi) is 4.27. The van der Waals surface area contributed by atoms with Crippen LogP contribution in [0.4, 0.5) is 13.2 Å². The third-order valence-corrected chi connectivity index (χ3v) is 2.57. The molecular formula is C13H11F3N4O2. The van der Waals surface area contributed by atoms with Gasteiger partial charge in [0.25, 0.3) is 5.91 Å². The number of carbonyl (C=O) groups excluding carboxylic acids is 1. The molecule has 0 saturated carbocycles. The van der Waals surface area contributed by atoms with Crippen LogP contribution < -0.4 is 16.0 Å². The first kappa shape index (κ1) is 15.7. The van der Waals surface area contributed by atoms with Crippen molar-refractivity contribution in [2.75, 3.05) is 0 Å². The van der Waals surface area contributed by atoms with E-state index in [1.54, 1.807) is 6.92 Å². The Morgan fingerprint density at radius 3 is 2.64 bits per heavy atom. The number of hydrogen-bond donors (Lipinski definition) is 2. The van der Waals surface area contributed by atoms with Crippen LogP contribution in [0.5, 0.6) is 11.8 Å². The van der Waals surface area contributed by atoms with Crippen molar-refractivity contribution >= 4 is 5.91 Å². The number of amides is 1. The van der Waals surface area contributed by atoms with Crippen molar-refractivity contribution in [2.24, 2.45) is 5.84 Å². The molecule has 2 rings (SSSR count). The summed E-state index contributed by atoms with van der Waals surface area (Å²) in [6, 6.07) is 5.36. The van der Waals surface area contributed by atoms with E-state index in [1.165, 1.54) is 18.2 Å². The average Bonchev–Trinajstić information content (AvgIpc) is 2.45. The number of aryl methyl sites for hydroxylation is 1. The number of alkyl halides is 3. The second-order valence-corrected chi connectivity index (χ2v) is 4.28. The normalized spacial score (nSPS) is 11.1. The van der Waals surface area contributed by atoms with E-state index in [1.807, 2.05) is 5.43 Å². The molecule has 0 saturated heterocycles. The second kappa shape index (κ2) is 5.98. The van der Waals surface area contributed by atoms with Gasteiger partial charge >= 0.3 is 12.2 Å². The van der Waals surface area contributed by atoms with Gasteiger partial charge < -0.3 is 4.74 Å². The molecule has 9 heteroatoms. The minimum Gasteiger partial charge on any atom is -0.424 e. The lowest BCUT2D eigenvalue weighted by Gasteiger charge is -2.10. The van der Waals surface area contributed by atoms with Gasteiger partial charge in [-0.1, -0.05) is 6.07 Å². The largest absolute Gasteiger partial charge is 0.424 e. The quantitative estimate of drug-likeness (QED) is 0.515. The van der Waals surface area contributed by atoms with Crippen molar-refractivity contribution in [1.82, 2.24) is 15.4 Å². The van der Waals surface area contributed by atoms with Crippen LogP contribution in [-0.2, 0) is 6.18 Å². The van der Waals surface area contributed by atoms with Crippen molar-refractivity contribution in [1.29, 1.82) is 0 Å². The van der Waals surface area contributed by atoms with Crippen molar-refractivity contribution in [3.63, 3.8) is 0 Å². The first-order chi connectivity index (χ1) is 10.3. The molecule has 3 N–H and O–H groups in total. The van der Waals surface area contributed by atoms with Gasteiger partial charge in [-0.2, -0.15) is 18.2 Å². The van der Waals surface area contributed by atoms with Gasteiger partial charge in [0.1, 0.15) is 11.4 Å². The molecule has 1 aromatic heterocycles. The average molecular weight is 312 g/mol. The lowest BCUT2D eigenvalue weighted by atomic mass is 10.2. The number of hydrogen-bond acceptors (Lipinski definition) is 5. The van der Waals surface area contributed by atoms with Crippen molar-refractivity contribution in [2.45, 2.75) is 13.1 Å². The van der Waals surface area contributed by atoms with Crippen LogP contribution in [-0.4, -0.2) is 15.9 Å². The number of halogens is 3. The van der Waals surface area contributed by atoms with Gasteiger partial charge in [-0.15, -0.1) is 0 Å². The monoisotopic (exact) mass is 312 g/mol. The molecule has 6 nitrogen and oxygen atoms in total. The summed E-state index contributed by atoms with van der Waals surface area (Å²) in [4.78, 5) is 19.1. The van der Waals surface area contributed by atoms with E-state index in [0.29, 0.717) is 5.69 Å². The summed E-state index contributed by atoms with van der Waals surface area (Å²) in [7, 11) is 0. The van der Waals surface area contributed by atoms with E-state index in [-0.39, 0.29) is 17.5 Å². The number of rotatable bonds is 3. The molecule has 0 fully saturated rings. The molecule has 1 amide bonds. The fourth-order valence-corrected chi connectivity index (χ4v) is 1.62. The topological polar surface area (TPSA) is 90.1 Å². The number of hydrazine groups is 1. The SMILES string of the molecule is Cc1cc(C(=O)NN)nc(Oc2cccc(C(F)(F)F)c2)n1. The molecule has 1 aromatic carbocycles. The number of ether oxygens (including phenoxy) is 1. The third-order valence-electron chi connectivity index (χ3n) is 2.57. The van der Waals surface area contributed by atoms with Crippen LogP contribution >= 0.6 is 0 Å². The Morgan fingerprint density at radius 1 is 1.27 bits per heavy atom. The van der Waals surface area contributed by atoms with E-state index in [9.17, 15) is 18.0 Å². The van der Waals surface area contributed by atoms with Gasteiger partial charge in [-0.05, 0) is 31.2 Å². The lowest BCUT2D eigenvalue weighted by molar-refractivity contribution is -0.137. The molecule has 22 heavy (non-hydrogen) atoms. The molecule has 0 bridgehead atoms. The Labute approximate surface area is 123 Å². The van der Waals surface area contributed by atoms with Crippen LogP contribution in [0.2, 0.25) is 0 Å². The van der Waals surface area contributed by atoms with Crippen LogP contribution in [0.3, 0.4) is 0 Å². The summed E-state index contributed by atoms with van der Waals surface area (Å²) in [5.74, 6) is 4.23. The predicted octanol–water partition coefficient (Wildman–Crippen LogP) is 2.20. The van der Waals surface area contributed by atoms with E-state index in [4.69, 9.17) is 10.6 Å². The van der Waals surface area contributed by atoms with Crippen LogP contribution in [0.25, 0.3) is 0 Å². The molecule has 0 spiro atoms. The minimum absolute atomic E-state index is 0.0584. The minimum atomic E-state index is -4.49. The zero-order valence-electron chi connectivity index (χ0n) is 11.3. The van der Waals surface area contributed by atoms with Crippen LogP contribution in [0.15, 0.2) is 30.3 Å². The zero-order valence-corrected chi connectivity index (χ0v) is 11.3. The summed E-state index contributed by atoms with van der Waals surface area (Å²) in [5.41, 5.74) is 1.37. The van der Waals surface area contributed by atoms with Gasteiger partial charge in [0.15, 0.2) is 0 Å². The van der Waals surface area contributed by atoms with Crippen molar-refractivity contribution < 1.29 is 22.7 Å². The van der Waals surface area contributed by atoms with Gasteiger partial charge in [0, 0.05) is 5.69 Å². The van der Waals surface area contributed by atoms with Crippen molar-refractivity contribution in [3.05, 3.63) is 47.3 Å². The maximum absolute atomic E-state index is 12.6. The summed E-state index contributed by atoms with van der Waals surface area (Å²) < 4.78 is 43.1. The third kappa shape index (κ3) is 3.70. The Hall–Kier alpha value is -2.68. The summed E-state index contributed by atoms with van der Waals surface area (Å²) in [6.07, 6.45) is -4.49. The van der Waals surface area contributed by atoms with E-state index in [0.717, 1.165) is 12.1 Å². The summed E-state index contributed by atoms with van der Waals surface area (Å²) in [5, 5.41) is 0. The van der Waals surface area contributed by atoms with Gasteiger partial charge in [0.05, 0.1) is 5.56 Å². The number of nitrogen functional groups attached to an aromatic ring is 1. The number of benzene rings is 1. The molecule has 0 aliphatic heterocycles. The smallest absolute Gasteiger partial charge is 0.416 e. The highest BCUT2D eigenvalue weighted by Crippen LogP contribution is 2.32. The van der Waals surface area contributed by atoms with Gasteiger partial charge in [0.2, 0.25) is 0 Å². The highest BCUT2D eigenvalue weighted by atomic mass is 19.4. The molecule has 0 aliphatic carbocycles. The number of carbonyl (C=O) groups is 1. The lowest BCUT2D eigenvalue weighted by Crippen LogP contribution is -2.30. The van der Waals surface area contributed by atoms with Gasteiger partial charge in [-0.3, -0.25) is 10.2 Å². The predicted molar refractivity (Wildman–Crippen MR) is 69.9 cm³/mol. The standard InChI is InChI=1S/C13H11F3N4O2/c1-7-5-10(11(21)20-17)19-12(18-7)22-9-4-2-3-8(6-9)13(14,15)16/h2-6H,17H2,1H3,(H,20,21). The number of nitrogens with zero attached hydrogens (tertiary/aromatic N) is 2. The fraction of sp³-hybridized carbons (Fsp3) is 0.154. The van der Waals surface area contributed by atoms with Gasteiger partial charge in [-0.25, -0.2) is 10.8 Å². The highest BCUT2D eigenvalue weighted by molar-refractivity contribution is 5.91. The Balaban J connectivity index is 2.31. The zero-order chi connectivity index (χ0) is 16.3. The molecule has 0 radical (unpaired) electrons. The molecule has 0 aliphatic rings. The summed E-state index contributed by atoms with van der Waals surface area (Å²) >= 11 is 0. The molecule has 0 unspecified atom stereocenters. The van der Waals surface area contributed by atoms with E-state index in [2.05, 4.69) is 9.97 Å². The van der Waals surface area contributed by atoms with E-state index < -0.39 is 17.6 Å². The molecule has 1 heterocycles. The Morgan fingerprint density at radius 2 is 2.00 bits per heavy atom. The van der Waals surface area contributed by atoms with Crippen LogP contribution in [0, 0.1) is 6.92 Å². The number of aromatic nitrogens is 2. The maximum Gasteiger partial charge on any atom is 0.416 e. The molecule has 2 aromatic rings. The second-order valence-electron chi connectivity index (χ2n) is 4.28.